The molecule has 0 aromatic carbocycles. The van der Waals surface area contributed by atoms with Crippen molar-refractivity contribution >= 4 is 5.97 Å². The summed E-state index contributed by atoms with van der Waals surface area (Å²) in [7, 11) is 0. The van der Waals surface area contributed by atoms with Gasteiger partial charge in [0.05, 0.1) is 5.60 Å². The van der Waals surface area contributed by atoms with Crippen molar-refractivity contribution in [1.29, 1.82) is 0 Å². The minimum atomic E-state index is -0.906. The van der Waals surface area contributed by atoms with Gasteiger partial charge in [-0.15, -0.1) is 0 Å². The number of carbonyl (C=O) groups is 1. The van der Waals surface area contributed by atoms with Crippen LogP contribution in [-0.2, 0) is 4.79 Å². The molecule has 1 atom stereocenters. The third-order valence-electron chi connectivity index (χ3n) is 2.60. The SMILES string of the molecule is CC(=CC(=O)O)CN1CCC[C@](C)(O)C1. The summed E-state index contributed by atoms with van der Waals surface area (Å²) in [5.41, 5.74) is 0.196. The number of hydrogen-bond acceptors (Lipinski definition) is 3. The molecular weight excluding hydrogens is 194 g/mol. The van der Waals surface area contributed by atoms with E-state index in [2.05, 4.69) is 4.90 Å². The average Bonchev–Trinajstić information content (AvgIpc) is 1.99. The molecule has 0 spiro atoms. The Balaban J connectivity index is 2.48. The second-order valence-corrected chi connectivity index (χ2v) is 4.64. The lowest BCUT2D eigenvalue weighted by atomic mass is 9.95. The number of hydrogen-bond donors (Lipinski definition) is 2. The first kappa shape index (κ1) is 12.2. The molecule has 0 aromatic heterocycles. The molecule has 1 fully saturated rings. The Morgan fingerprint density at radius 1 is 1.60 bits per heavy atom. The molecule has 0 saturated carbocycles. The summed E-state index contributed by atoms with van der Waals surface area (Å²) >= 11 is 0. The standard InChI is InChI=1S/C11H19NO3/c1-9(6-10(13)14)7-12-5-3-4-11(2,15)8-12/h6,15H,3-5,7-8H2,1-2H3,(H,13,14)/t11-/m0/s1. The second kappa shape index (κ2) is 4.77. The minimum absolute atomic E-state index is 0.623. The molecule has 0 aliphatic carbocycles. The zero-order valence-electron chi connectivity index (χ0n) is 9.36. The topological polar surface area (TPSA) is 60.8 Å². The summed E-state index contributed by atoms with van der Waals surface area (Å²) in [6, 6.07) is 0. The first-order chi connectivity index (χ1) is 6.89. The second-order valence-electron chi connectivity index (χ2n) is 4.64. The van der Waals surface area contributed by atoms with E-state index in [1.807, 2.05) is 6.92 Å². The van der Waals surface area contributed by atoms with Gasteiger partial charge in [-0.2, -0.15) is 0 Å². The third-order valence-corrected chi connectivity index (χ3v) is 2.60. The van der Waals surface area contributed by atoms with Crippen molar-refractivity contribution in [3.63, 3.8) is 0 Å². The van der Waals surface area contributed by atoms with Gasteiger partial charge in [-0.3, -0.25) is 4.90 Å². The van der Waals surface area contributed by atoms with Gasteiger partial charge in [-0.05, 0) is 33.2 Å². The van der Waals surface area contributed by atoms with E-state index in [1.165, 1.54) is 6.08 Å². The van der Waals surface area contributed by atoms with Crippen LogP contribution in [0.25, 0.3) is 0 Å². The van der Waals surface area contributed by atoms with E-state index < -0.39 is 11.6 Å². The lowest BCUT2D eigenvalue weighted by molar-refractivity contribution is -0.131. The Hall–Kier alpha value is -0.870. The highest BCUT2D eigenvalue weighted by Crippen LogP contribution is 2.20. The zero-order valence-corrected chi connectivity index (χ0v) is 9.36. The van der Waals surface area contributed by atoms with Crippen molar-refractivity contribution in [2.24, 2.45) is 0 Å². The Kier molecular flexibility index (Phi) is 3.88. The summed E-state index contributed by atoms with van der Waals surface area (Å²) < 4.78 is 0. The van der Waals surface area contributed by atoms with Crippen LogP contribution in [0.2, 0.25) is 0 Å². The number of nitrogens with zero attached hydrogens (tertiary/aromatic N) is 1. The number of likely N-dealkylation sites (tertiary alicyclic amines) is 1. The predicted octanol–water partition coefficient (Wildman–Crippen LogP) is 0.864. The number of carboxylic acid groups (broad SMARTS) is 1. The molecule has 4 heteroatoms. The van der Waals surface area contributed by atoms with Crippen molar-refractivity contribution < 1.29 is 15.0 Å². The monoisotopic (exact) mass is 213 g/mol. The van der Waals surface area contributed by atoms with Gasteiger partial charge in [-0.1, -0.05) is 5.57 Å². The fourth-order valence-corrected chi connectivity index (χ4v) is 2.07. The fraction of sp³-hybridized carbons (Fsp3) is 0.727. The number of β-amino-alcohol motifs (C(OH)–C–C–N with tert-alkyl or cyclic N) is 1. The van der Waals surface area contributed by atoms with E-state index in [-0.39, 0.29) is 0 Å². The van der Waals surface area contributed by atoms with Crippen LogP contribution in [0.1, 0.15) is 26.7 Å². The highest BCUT2D eigenvalue weighted by atomic mass is 16.4. The molecule has 1 heterocycles. The molecule has 1 rings (SSSR count). The molecule has 2 N–H and O–H groups in total. The number of rotatable bonds is 3. The van der Waals surface area contributed by atoms with Crippen LogP contribution < -0.4 is 0 Å². The van der Waals surface area contributed by atoms with Crippen LogP contribution in [0.3, 0.4) is 0 Å². The van der Waals surface area contributed by atoms with Gasteiger partial charge in [0.1, 0.15) is 0 Å². The Bertz CT molecular complexity index is 271. The number of carboxylic acids is 1. The fourth-order valence-electron chi connectivity index (χ4n) is 2.07. The highest BCUT2D eigenvalue weighted by molar-refractivity contribution is 5.80. The van der Waals surface area contributed by atoms with Gasteiger partial charge in [-0.25, -0.2) is 4.79 Å². The molecule has 1 aliphatic heterocycles. The van der Waals surface area contributed by atoms with Crippen LogP contribution in [0.4, 0.5) is 0 Å². The van der Waals surface area contributed by atoms with Crippen molar-refractivity contribution in [2.75, 3.05) is 19.6 Å². The molecule has 1 aliphatic rings. The minimum Gasteiger partial charge on any atom is -0.478 e. The normalized spacial score (nSPS) is 29.1. The van der Waals surface area contributed by atoms with Crippen LogP contribution in [0.5, 0.6) is 0 Å². The van der Waals surface area contributed by atoms with Crippen molar-refractivity contribution in [3.8, 4) is 0 Å². The number of piperidine rings is 1. The first-order valence-corrected chi connectivity index (χ1v) is 5.24. The molecule has 15 heavy (non-hydrogen) atoms. The van der Waals surface area contributed by atoms with Gasteiger partial charge in [0.25, 0.3) is 0 Å². The number of aliphatic carboxylic acids is 1. The summed E-state index contributed by atoms with van der Waals surface area (Å²) in [5.74, 6) is -0.906. The largest absolute Gasteiger partial charge is 0.478 e. The van der Waals surface area contributed by atoms with Crippen molar-refractivity contribution in [2.45, 2.75) is 32.3 Å². The quantitative estimate of drug-likeness (QED) is 0.683. The van der Waals surface area contributed by atoms with Gasteiger partial charge in [0.15, 0.2) is 0 Å². The van der Waals surface area contributed by atoms with Gasteiger partial charge < -0.3 is 10.2 Å². The van der Waals surface area contributed by atoms with Gasteiger partial charge in [0, 0.05) is 19.2 Å². The van der Waals surface area contributed by atoms with Crippen LogP contribution in [0.15, 0.2) is 11.6 Å². The molecule has 86 valence electrons. The van der Waals surface area contributed by atoms with E-state index in [0.717, 1.165) is 25.0 Å². The van der Waals surface area contributed by atoms with E-state index >= 15 is 0 Å². The lowest BCUT2D eigenvalue weighted by Crippen LogP contribution is -2.46. The van der Waals surface area contributed by atoms with Crippen molar-refractivity contribution in [1.82, 2.24) is 4.90 Å². The molecule has 0 bridgehead atoms. The van der Waals surface area contributed by atoms with Crippen LogP contribution >= 0.6 is 0 Å². The summed E-state index contributed by atoms with van der Waals surface area (Å²) in [6.07, 6.45) is 3.02. The summed E-state index contributed by atoms with van der Waals surface area (Å²) in [6.45, 7) is 5.81. The Labute approximate surface area is 90.2 Å². The smallest absolute Gasteiger partial charge is 0.328 e. The average molecular weight is 213 g/mol. The first-order valence-electron chi connectivity index (χ1n) is 5.24. The highest BCUT2D eigenvalue weighted by Gasteiger charge is 2.27. The summed E-state index contributed by atoms with van der Waals surface area (Å²) in [4.78, 5) is 12.5. The van der Waals surface area contributed by atoms with Gasteiger partial charge in [0.2, 0.25) is 0 Å². The molecule has 0 aromatic rings. The molecule has 4 nitrogen and oxygen atoms in total. The number of aliphatic hydroxyl groups is 1. The molecule has 1 saturated heterocycles. The van der Waals surface area contributed by atoms with E-state index in [9.17, 15) is 9.90 Å². The lowest BCUT2D eigenvalue weighted by Gasteiger charge is -2.36. The maximum atomic E-state index is 10.4. The van der Waals surface area contributed by atoms with Crippen molar-refractivity contribution in [3.05, 3.63) is 11.6 Å². The Morgan fingerprint density at radius 2 is 2.27 bits per heavy atom. The van der Waals surface area contributed by atoms with Crippen LogP contribution in [0, 0.1) is 0 Å². The molecule has 0 unspecified atom stereocenters. The zero-order chi connectivity index (χ0) is 11.5. The predicted molar refractivity (Wildman–Crippen MR) is 57.7 cm³/mol. The summed E-state index contributed by atoms with van der Waals surface area (Å²) in [5, 5.41) is 18.4. The van der Waals surface area contributed by atoms with E-state index in [4.69, 9.17) is 5.11 Å². The molecular formula is C11H19NO3. The third kappa shape index (κ3) is 4.44. The molecule has 0 amide bonds. The van der Waals surface area contributed by atoms with E-state index in [0.29, 0.717) is 13.1 Å². The van der Waals surface area contributed by atoms with Gasteiger partial charge >= 0.3 is 5.97 Å². The van der Waals surface area contributed by atoms with E-state index in [1.54, 1.807) is 6.92 Å². The maximum Gasteiger partial charge on any atom is 0.328 e. The maximum absolute atomic E-state index is 10.4. The molecule has 0 radical (unpaired) electrons. The van der Waals surface area contributed by atoms with Crippen LogP contribution in [-0.4, -0.2) is 46.3 Å². The Morgan fingerprint density at radius 3 is 2.80 bits per heavy atom.